The van der Waals surface area contributed by atoms with Gasteiger partial charge in [-0.05, 0) is 74.8 Å². The molecule has 31 heavy (non-hydrogen) atoms. The van der Waals surface area contributed by atoms with E-state index in [1.165, 1.54) is 12.3 Å². The van der Waals surface area contributed by atoms with Gasteiger partial charge in [-0.25, -0.2) is 4.79 Å². The Kier molecular flexibility index (Phi) is 4.46. The molecule has 4 aliphatic rings. The van der Waals surface area contributed by atoms with Crippen LogP contribution in [-0.4, -0.2) is 33.9 Å². The number of aliphatic hydroxyl groups is 1. The van der Waals surface area contributed by atoms with Crippen molar-refractivity contribution in [1.82, 2.24) is 0 Å². The summed E-state index contributed by atoms with van der Waals surface area (Å²) in [6, 6.07) is 3.02. The van der Waals surface area contributed by atoms with Gasteiger partial charge in [0.15, 0.2) is 0 Å². The van der Waals surface area contributed by atoms with Gasteiger partial charge in [-0.2, -0.15) is 0 Å². The van der Waals surface area contributed by atoms with Crippen LogP contribution in [0.1, 0.15) is 70.3 Å². The van der Waals surface area contributed by atoms with Crippen LogP contribution in [0.5, 0.6) is 0 Å². The zero-order chi connectivity index (χ0) is 22.2. The molecule has 4 fully saturated rings. The van der Waals surface area contributed by atoms with E-state index >= 15 is 0 Å². The van der Waals surface area contributed by atoms with Crippen molar-refractivity contribution in [2.75, 3.05) is 0 Å². The van der Waals surface area contributed by atoms with Gasteiger partial charge >= 0.3 is 17.6 Å². The molecule has 1 aromatic heterocycles. The van der Waals surface area contributed by atoms with Crippen molar-refractivity contribution >= 4 is 11.9 Å². The van der Waals surface area contributed by atoms with E-state index in [0.717, 1.165) is 19.3 Å². The van der Waals surface area contributed by atoms with E-state index in [-0.39, 0.29) is 35.2 Å². The minimum Gasteiger partial charge on any atom is -0.481 e. The van der Waals surface area contributed by atoms with Gasteiger partial charge in [0.1, 0.15) is 11.0 Å². The molecule has 8 atom stereocenters. The number of aliphatic carboxylic acids is 1. The summed E-state index contributed by atoms with van der Waals surface area (Å²) < 4.78 is 11.0. The number of esters is 1. The molecule has 2 N–H and O–H groups in total. The summed E-state index contributed by atoms with van der Waals surface area (Å²) in [5.74, 6) is -2.01. The lowest BCUT2D eigenvalue weighted by molar-refractivity contribution is -0.178. The van der Waals surface area contributed by atoms with Gasteiger partial charge < -0.3 is 19.4 Å². The third-order valence-electron chi connectivity index (χ3n) is 9.54. The summed E-state index contributed by atoms with van der Waals surface area (Å²) >= 11 is 0. The second-order valence-corrected chi connectivity index (χ2v) is 10.6. The third-order valence-corrected chi connectivity index (χ3v) is 9.54. The number of carboxylic acids is 1. The third kappa shape index (κ3) is 2.58. The second kappa shape index (κ2) is 6.67. The minimum atomic E-state index is -1.34. The molecule has 8 unspecified atom stereocenters. The number of hydrogen-bond donors (Lipinski definition) is 2. The van der Waals surface area contributed by atoms with E-state index in [4.69, 9.17) is 9.15 Å². The average Bonchev–Trinajstić information content (AvgIpc) is 3.18. The lowest BCUT2D eigenvalue weighted by Gasteiger charge is -2.53. The maximum atomic E-state index is 13.4. The van der Waals surface area contributed by atoms with E-state index < -0.39 is 28.5 Å². The lowest BCUT2D eigenvalue weighted by atomic mass is 9.49. The Morgan fingerprint density at radius 2 is 1.90 bits per heavy atom. The second-order valence-electron chi connectivity index (χ2n) is 10.6. The van der Waals surface area contributed by atoms with Crippen LogP contribution in [-0.2, 0) is 14.3 Å². The molecule has 0 radical (unpaired) electrons. The average molecular weight is 430 g/mol. The van der Waals surface area contributed by atoms with Crippen LogP contribution in [0.15, 0.2) is 27.6 Å². The van der Waals surface area contributed by atoms with Crippen molar-refractivity contribution in [2.45, 2.75) is 76.4 Å². The van der Waals surface area contributed by atoms with Gasteiger partial charge in [0.25, 0.3) is 0 Å². The topological polar surface area (TPSA) is 114 Å². The molecule has 1 spiro atoms. The number of hydrogen-bond acceptors (Lipinski definition) is 6. The number of carbonyl (C=O) groups excluding carboxylic acids is 1. The molecule has 3 saturated carbocycles. The maximum Gasteiger partial charge on any atom is 0.335 e. The molecule has 7 heteroatoms. The fourth-order valence-electron chi connectivity index (χ4n) is 7.89. The molecular weight excluding hydrogens is 400 g/mol. The van der Waals surface area contributed by atoms with Gasteiger partial charge in [0.05, 0.1) is 18.3 Å². The van der Waals surface area contributed by atoms with Crippen LogP contribution in [0, 0.1) is 28.6 Å². The Balaban J connectivity index is 1.59. The van der Waals surface area contributed by atoms with Crippen molar-refractivity contribution in [1.29, 1.82) is 0 Å². The molecule has 1 aliphatic heterocycles. The predicted octanol–water partition coefficient (Wildman–Crippen LogP) is 3.10. The minimum absolute atomic E-state index is 0.178. The monoisotopic (exact) mass is 430 g/mol. The van der Waals surface area contributed by atoms with Crippen LogP contribution < -0.4 is 5.63 Å². The van der Waals surface area contributed by atoms with Crippen molar-refractivity contribution in [3.63, 3.8) is 0 Å². The van der Waals surface area contributed by atoms with E-state index in [1.807, 2.05) is 0 Å². The Hall–Kier alpha value is -2.15. The van der Waals surface area contributed by atoms with Gasteiger partial charge in [0, 0.05) is 17.9 Å². The molecule has 1 aromatic rings. The maximum absolute atomic E-state index is 13.4. The normalized spacial score (nSPS) is 46.4. The van der Waals surface area contributed by atoms with E-state index in [0.29, 0.717) is 31.2 Å². The Bertz CT molecular complexity index is 984. The molecule has 168 valence electrons. The summed E-state index contributed by atoms with van der Waals surface area (Å²) in [4.78, 5) is 38.0. The molecule has 0 aromatic carbocycles. The first-order valence-electron chi connectivity index (χ1n) is 11.4. The van der Waals surface area contributed by atoms with E-state index in [9.17, 15) is 24.6 Å². The fraction of sp³-hybridized carbons (Fsp3) is 0.708. The number of ether oxygens (including phenoxy) is 1. The highest BCUT2D eigenvalue weighted by molar-refractivity contribution is 5.83. The molecule has 1 saturated heterocycles. The summed E-state index contributed by atoms with van der Waals surface area (Å²) in [6.07, 6.45) is 5.66. The SMILES string of the molecule is CC12CCC(O)CC1CCC1C2C(=O)OC12CCC(c1ccoc(=O)c1)C2(C)C(=O)O. The first kappa shape index (κ1) is 20.7. The fourth-order valence-corrected chi connectivity index (χ4v) is 7.89. The summed E-state index contributed by atoms with van der Waals surface area (Å²) in [5.41, 5.74) is -2.61. The Morgan fingerprint density at radius 3 is 2.61 bits per heavy atom. The van der Waals surface area contributed by atoms with Crippen molar-refractivity contribution in [2.24, 2.45) is 28.6 Å². The van der Waals surface area contributed by atoms with Crippen molar-refractivity contribution < 1.29 is 29.0 Å². The van der Waals surface area contributed by atoms with Crippen LogP contribution in [0.2, 0.25) is 0 Å². The van der Waals surface area contributed by atoms with Crippen LogP contribution >= 0.6 is 0 Å². The van der Waals surface area contributed by atoms with Gasteiger partial charge in [-0.15, -0.1) is 0 Å². The van der Waals surface area contributed by atoms with Crippen LogP contribution in [0.3, 0.4) is 0 Å². The Labute approximate surface area is 180 Å². The molecule has 7 nitrogen and oxygen atoms in total. The molecule has 0 amide bonds. The van der Waals surface area contributed by atoms with Crippen LogP contribution in [0.25, 0.3) is 0 Å². The highest BCUT2D eigenvalue weighted by atomic mass is 16.6. The predicted molar refractivity (Wildman–Crippen MR) is 109 cm³/mol. The van der Waals surface area contributed by atoms with E-state index in [1.54, 1.807) is 13.0 Å². The molecule has 5 rings (SSSR count). The number of carbonyl (C=O) groups is 2. The summed E-state index contributed by atoms with van der Waals surface area (Å²) in [7, 11) is 0. The first-order valence-corrected chi connectivity index (χ1v) is 11.4. The highest BCUT2D eigenvalue weighted by Gasteiger charge is 2.75. The largest absolute Gasteiger partial charge is 0.481 e. The quantitative estimate of drug-likeness (QED) is 0.693. The molecule has 2 heterocycles. The number of aliphatic hydroxyl groups excluding tert-OH is 1. The van der Waals surface area contributed by atoms with Crippen molar-refractivity contribution in [3.8, 4) is 0 Å². The van der Waals surface area contributed by atoms with Crippen molar-refractivity contribution in [3.05, 3.63) is 34.4 Å². The smallest absolute Gasteiger partial charge is 0.335 e. The molecular formula is C24H30O7. The zero-order valence-corrected chi connectivity index (χ0v) is 18.0. The number of fused-ring (bicyclic) bond motifs is 4. The van der Waals surface area contributed by atoms with Gasteiger partial charge in [0.2, 0.25) is 0 Å². The molecule has 0 bridgehead atoms. The summed E-state index contributed by atoms with van der Waals surface area (Å²) in [5, 5.41) is 20.7. The molecule has 3 aliphatic carbocycles. The number of carboxylic acid groups (broad SMARTS) is 1. The highest BCUT2D eigenvalue weighted by Crippen LogP contribution is 2.69. The van der Waals surface area contributed by atoms with Gasteiger partial charge in [-0.3, -0.25) is 9.59 Å². The van der Waals surface area contributed by atoms with Crippen LogP contribution in [0.4, 0.5) is 0 Å². The number of rotatable bonds is 2. The first-order chi connectivity index (χ1) is 14.6. The Morgan fingerprint density at radius 1 is 1.13 bits per heavy atom. The summed E-state index contributed by atoms with van der Waals surface area (Å²) in [6.45, 7) is 3.82. The van der Waals surface area contributed by atoms with Gasteiger partial charge in [-0.1, -0.05) is 6.92 Å². The standard InChI is InChI=1S/C24H30O7/c1-22-8-5-15(25)12-14(22)3-4-17-19(22)20(27)31-24(17)9-6-16(23(24,2)21(28)29)13-7-10-30-18(26)11-13/h7,10-11,14-17,19,25H,3-6,8-9,12H2,1-2H3,(H,28,29). The van der Waals surface area contributed by atoms with E-state index in [2.05, 4.69) is 6.92 Å². The zero-order valence-electron chi connectivity index (χ0n) is 18.0. The lowest BCUT2D eigenvalue weighted by Crippen LogP contribution is -2.57.